The highest BCUT2D eigenvalue weighted by Crippen LogP contribution is 2.22. The lowest BCUT2D eigenvalue weighted by Crippen LogP contribution is -2.01. The van der Waals surface area contributed by atoms with Crippen molar-refractivity contribution in [1.82, 2.24) is 0 Å². The molecule has 0 N–H and O–H groups in total. The van der Waals surface area contributed by atoms with Crippen molar-refractivity contribution in [3.8, 4) is 5.75 Å². The highest BCUT2D eigenvalue weighted by molar-refractivity contribution is 6.31. The second-order valence-electron chi connectivity index (χ2n) is 4.51. The van der Waals surface area contributed by atoms with Crippen LogP contribution in [-0.2, 0) is 11.2 Å². The topological polar surface area (TPSA) is 26.3 Å². The summed E-state index contributed by atoms with van der Waals surface area (Å²) in [6.07, 6.45) is 0.765. The van der Waals surface area contributed by atoms with Crippen molar-refractivity contribution in [1.29, 1.82) is 0 Å². The standard InChI is InChI=1S/C16H15ClO2/c1-11-3-8-16(17)14(9-11)10-13-4-6-15(7-5-13)19-12(2)18/h3-9H,10H2,1-2H3. The number of hydrogen-bond donors (Lipinski definition) is 0. The molecule has 2 aromatic rings. The molecule has 0 amide bonds. The quantitative estimate of drug-likeness (QED) is 0.620. The molecule has 0 bridgehead atoms. The van der Waals surface area contributed by atoms with Crippen LogP contribution in [0.15, 0.2) is 42.5 Å². The van der Waals surface area contributed by atoms with Crippen molar-refractivity contribution in [3.63, 3.8) is 0 Å². The zero-order valence-corrected chi connectivity index (χ0v) is 11.7. The molecule has 0 fully saturated rings. The van der Waals surface area contributed by atoms with Gasteiger partial charge >= 0.3 is 5.97 Å². The van der Waals surface area contributed by atoms with Crippen LogP contribution >= 0.6 is 11.6 Å². The minimum absolute atomic E-state index is 0.311. The third kappa shape index (κ3) is 3.83. The van der Waals surface area contributed by atoms with Gasteiger partial charge < -0.3 is 4.74 Å². The first-order chi connectivity index (χ1) is 9.04. The number of carbonyl (C=O) groups is 1. The molecule has 0 aliphatic rings. The summed E-state index contributed by atoms with van der Waals surface area (Å²) in [6, 6.07) is 13.5. The zero-order valence-electron chi connectivity index (χ0n) is 10.9. The Morgan fingerprint density at radius 2 is 1.84 bits per heavy atom. The van der Waals surface area contributed by atoms with E-state index in [9.17, 15) is 4.79 Å². The van der Waals surface area contributed by atoms with Crippen molar-refractivity contribution in [2.45, 2.75) is 20.3 Å². The fraction of sp³-hybridized carbons (Fsp3) is 0.188. The van der Waals surface area contributed by atoms with Crippen LogP contribution in [0.5, 0.6) is 5.75 Å². The van der Waals surface area contributed by atoms with E-state index in [4.69, 9.17) is 16.3 Å². The van der Waals surface area contributed by atoms with Gasteiger partial charge in [0.15, 0.2) is 0 Å². The number of hydrogen-bond acceptors (Lipinski definition) is 2. The van der Waals surface area contributed by atoms with E-state index in [1.54, 1.807) is 12.1 Å². The molecule has 0 unspecified atom stereocenters. The van der Waals surface area contributed by atoms with Crippen LogP contribution in [0.3, 0.4) is 0 Å². The summed E-state index contributed by atoms with van der Waals surface area (Å²) in [7, 11) is 0. The van der Waals surface area contributed by atoms with Gasteiger partial charge in [-0.2, -0.15) is 0 Å². The molecule has 0 spiro atoms. The van der Waals surface area contributed by atoms with E-state index in [-0.39, 0.29) is 5.97 Å². The maximum atomic E-state index is 10.8. The summed E-state index contributed by atoms with van der Waals surface area (Å²) in [5, 5.41) is 0.773. The van der Waals surface area contributed by atoms with Crippen LogP contribution in [0, 0.1) is 6.92 Å². The Kier molecular flexibility index (Phi) is 4.23. The van der Waals surface area contributed by atoms with Crippen LogP contribution in [-0.4, -0.2) is 5.97 Å². The van der Waals surface area contributed by atoms with Crippen LogP contribution < -0.4 is 4.74 Å². The molecule has 0 radical (unpaired) electrons. The molecule has 0 saturated heterocycles. The van der Waals surface area contributed by atoms with Crippen molar-refractivity contribution >= 4 is 17.6 Å². The number of rotatable bonds is 3. The smallest absolute Gasteiger partial charge is 0.308 e. The summed E-state index contributed by atoms with van der Waals surface area (Å²) in [4.78, 5) is 10.8. The molecule has 98 valence electrons. The van der Waals surface area contributed by atoms with Gasteiger partial charge in [-0.25, -0.2) is 0 Å². The molecule has 2 rings (SSSR count). The van der Waals surface area contributed by atoms with Gasteiger partial charge in [-0.1, -0.05) is 41.4 Å². The van der Waals surface area contributed by atoms with Crippen LogP contribution in [0.4, 0.5) is 0 Å². The van der Waals surface area contributed by atoms with Crippen LogP contribution in [0.1, 0.15) is 23.6 Å². The third-order valence-corrected chi connectivity index (χ3v) is 3.15. The van der Waals surface area contributed by atoms with Gasteiger partial charge in [-0.15, -0.1) is 0 Å². The Labute approximate surface area is 118 Å². The maximum absolute atomic E-state index is 10.8. The molecule has 0 atom stereocenters. The SMILES string of the molecule is CC(=O)Oc1ccc(Cc2cc(C)ccc2Cl)cc1. The number of aryl methyl sites for hydroxylation is 1. The van der Waals surface area contributed by atoms with E-state index in [0.717, 1.165) is 22.6 Å². The summed E-state index contributed by atoms with van der Waals surface area (Å²) < 4.78 is 5.00. The molecular weight excluding hydrogens is 260 g/mol. The van der Waals surface area contributed by atoms with Gasteiger partial charge in [0.05, 0.1) is 0 Å². The van der Waals surface area contributed by atoms with Gasteiger partial charge in [-0.3, -0.25) is 4.79 Å². The monoisotopic (exact) mass is 274 g/mol. The van der Waals surface area contributed by atoms with Gasteiger partial charge in [0, 0.05) is 11.9 Å². The van der Waals surface area contributed by atoms with Gasteiger partial charge in [0.25, 0.3) is 0 Å². The molecule has 0 saturated carbocycles. The predicted molar refractivity (Wildman–Crippen MR) is 76.7 cm³/mol. The molecule has 2 nitrogen and oxygen atoms in total. The Bertz CT molecular complexity index is 588. The minimum atomic E-state index is -0.311. The number of ether oxygens (including phenoxy) is 1. The van der Waals surface area contributed by atoms with E-state index in [1.807, 2.05) is 31.2 Å². The first-order valence-electron chi connectivity index (χ1n) is 6.07. The fourth-order valence-corrected chi connectivity index (χ4v) is 2.08. The third-order valence-electron chi connectivity index (χ3n) is 2.78. The van der Waals surface area contributed by atoms with Crippen molar-refractivity contribution in [2.75, 3.05) is 0 Å². The normalized spacial score (nSPS) is 10.3. The number of carbonyl (C=O) groups excluding carboxylic acids is 1. The molecule has 0 aliphatic heterocycles. The summed E-state index contributed by atoms with van der Waals surface area (Å²) in [5.41, 5.74) is 3.42. The lowest BCUT2D eigenvalue weighted by Gasteiger charge is -2.07. The van der Waals surface area contributed by atoms with Crippen LogP contribution in [0.2, 0.25) is 5.02 Å². The van der Waals surface area contributed by atoms with Gasteiger partial charge in [-0.05, 0) is 42.7 Å². The average molecular weight is 275 g/mol. The summed E-state index contributed by atoms with van der Waals surface area (Å²) in [6.45, 7) is 3.43. The molecule has 19 heavy (non-hydrogen) atoms. The number of esters is 1. The van der Waals surface area contributed by atoms with Crippen molar-refractivity contribution < 1.29 is 9.53 Å². The van der Waals surface area contributed by atoms with Crippen molar-refractivity contribution in [2.24, 2.45) is 0 Å². The molecular formula is C16H15ClO2. The van der Waals surface area contributed by atoms with Gasteiger partial charge in [0.1, 0.15) is 5.75 Å². The van der Waals surface area contributed by atoms with E-state index in [2.05, 4.69) is 6.07 Å². The van der Waals surface area contributed by atoms with E-state index >= 15 is 0 Å². The first-order valence-corrected chi connectivity index (χ1v) is 6.45. The number of halogens is 1. The lowest BCUT2D eigenvalue weighted by atomic mass is 10.0. The summed E-state index contributed by atoms with van der Waals surface area (Å²) >= 11 is 6.18. The average Bonchev–Trinajstić information content (AvgIpc) is 2.35. The molecule has 0 heterocycles. The lowest BCUT2D eigenvalue weighted by molar-refractivity contribution is -0.131. The molecule has 2 aromatic carbocycles. The van der Waals surface area contributed by atoms with E-state index in [1.165, 1.54) is 12.5 Å². The highest BCUT2D eigenvalue weighted by atomic mass is 35.5. The Balaban J connectivity index is 2.15. The second-order valence-corrected chi connectivity index (χ2v) is 4.92. The van der Waals surface area contributed by atoms with Gasteiger partial charge in [0.2, 0.25) is 0 Å². The molecule has 0 aromatic heterocycles. The highest BCUT2D eigenvalue weighted by Gasteiger charge is 2.03. The Morgan fingerprint density at radius 1 is 1.16 bits per heavy atom. The zero-order chi connectivity index (χ0) is 13.8. The Morgan fingerprint density at radius 3 is 2.47 bits per heavy atom. The van der Waals surface area contributed by atoms with Crippen LogP contribution in [0.25, 0.3) is 0 Å². The van der Waals surface area contributed by atoms with E-state index in [0.29, 0.717) is 5.75 Å². The Hall–Kier alpha value is -1.80. The maximum Gasteiger partial charge on any atom is 0.308 e. The first kappa shape index (κ1) is 13.6. The predicted octanol–water partition coefficient (Wildman–Crippen LogP) is 4.16. The number of benzene rings is 2. The molecule has 3 heteroatoms. The second kappa shape index (κ2) is 5.89. The largest absolute Gasteiger partial charge is 0.427 e. The fourth-order valence-electron chi connectivity index (χ4n) is 1.90. The molecule has 0 aliphatic carbocycles. The van der Waals surface area contributed by atoms with Crippen molar-refractivity contribution in [3.05, 3.63) is 64.2 Å². The summed E-state index contributed by atoms with van der Waals surface area (Å²) in [5.74, 6) is 0.251. The van der Waals surface area contributed by atoms with E-state index < -0.39 is 0 Å². The minimum Gasteiger partial charge on any atom is -0.427 e.